The minimum atomic E-state index is -1.03. The number of hydrogen-bond donors (Lipinski definition) is 2. The number of nitrogens with one attached hydrogen (secondary N) is 1. The SMILES string of the molecule is CC(NC(=O)C(C)n1cc(C(=O)O)cn1)C1CC2CCC1C2. The second-order valence-electron chi connectivity index (χ2n) is 6.83. The molecule has 2 aliphatic rings. The average Bonchev–Trinajstić information content (AvgIpc) is 3.21. The Labute approximate surface area is 129 Å². The molecule has 3 rings (SSSR count). The van der Waals surface area contributed by atoms with Crippen LogP contribution >= 0.6 is 0 Å². The van der Waals surface area contributed by atoms with Crippen molar-refractivity contribution >= 4 is 11.9 Å². The van der Waals surface area contributed by atoms with Crippen molar-refractivity contribution in [3.8, 4) is 0 Å². The van der Waals surface area contributed by atoms with Gasteiger partial charge in [0.05, 0.1) is 11.8 Å². The van der Waals surface area contributed by atoms with Gasteiger partial charge < -0.3 is 10.4 Å². The number of carboxylic acids is 1. The van der Waals surface area contributed by atoms with E-state index in [-0.39, 0.29) is 17.5 Å². The third-order valence-electron chi connectivity index (χ3n) is 5.43. The molecule has 2 saturated carbocycles. The molecule has 2 fully saturated rings. The monoisotopic (exact) mass is 305 g/mol. The van der Waals surface area contributed by atoms with Crippen molar-refractivity contribution in [1.82, 2.24) is 15.1 Å². The number of nitrogens with zero attached hydrogens (tertiary/aromatic N) is 2. The third-order valence-corrected chi connectivity index (χ3v) is 5.43. The Morgan fingerprint density at radius 1 is 1.36 bits per heavy atom. The molecule has 2 N–H and O–H groups in total. The van der Waals surface area contributed by atoms with E-state index < -0.39 is 12.0 Å². The van der Waals surface area contributed by atoms with Crippen molar-refractivity contribution in [2.45, 2.75) is 51.6 Å². The van der Waals surface area contributed by atoms with E-state index in [0.29, 0.717) is 5.92 Å². The predicted octanol–water partition coefficient (Wildman–Crippen LogP) is 2.08. The molecular weight excluding hydrogens is 282 g/mol. The van der Waals surface area contributed by atoms with Gasteiger partial charge in [0.2, 0.25) is 5.91 Å². The first-order valence-corrected chi connectivity index (χ1v) is 8.03. The van der Waals surface area contributed by atoms with E-state index in [1.165, 1.54) is 42.8 Å². The molecule has 1 aromatic heterocycles. The van der Waals surface area contributed by atoms with Crippen molar-refractivity contribution in [2.24, 2.45) is 17.8 Å². The summed E-state index contributed by atoms with van der Waals surface area (Å²) in [5.41, 5.74) is 0.0980. The quantitative estimate of drug-likeness (QED) is 0.872. The number of carbonyl (C=O) groups excluding carboxylic acids is 1. The van der Waals surface area contributed by atoms with Crippen LogP contribution in [0.4, 0.5) is 0 Å². The van der Waals surface area contributed by atoms with Crippen molar-refractivity contribution in [3.63, 3.8) is 0 Å². The van der Waals surface area contributed by atoms with Crippen molar-refractivity contribution < 1.29 is 14.7 Å². The van der Waals surface area contributed by atoms with E-state index in [9.17, 15) is 9.59 Å². The number of fused-ring (bicyclic) bond motifs is 2. The molecule has 5 atom stereocenters. The smallest absolute Gasteiger partial charge is 0.338 e. The van der Waals surface area contributed by atoms with Gasteiger partial charge in [0.25, 0.3) is 0 Å². The molecule has 120 valence electrons. The molecule has 0 spiro atoms. The van der Waals surface area contributed by atoms with Crippen LogP contribution in [0, 0.1) is 17.8 Å². The van der Waals surface area contributed by atoms with Crippen molar-refractivity contribution in [3.05, 3.63) is 18.0 Å². The van der Waals surface area contributed by atoms with Gasteiger partial charge in [0.15, 0.2) is 0 Å². The van der Waals surface area contributed by atoms with Gasteiger partial charge in [-0.05, 0) is 50.9 Å². The highest BCUT2D eigenvalue weighted by Crippen LogP contribution is 2.49. The molecular formula is C16H23N3O3. The maximum Gasteiger partial charge on any atom is 0.338 e. The van der Waals surface area contributed by atoms with Gasteiger partial charge in [-0.25, -0.2) is 4.79 Å². The first-order chi connectivity index (χ1) is 10.5. The lowest BCUT2D eigenvalue weighted by atomic mass is 9.84. The van der Waals surface area contributed by atoms with E-state index in [4.69, 9.17) is 5.11 Å². The van der Waals surface area contributed by atoms with Crippen LogP contribution < -0.4 is 5.32 Å². The molecule has 0 saturated heterocycles. The lowest BCUT2D eigenvalue weighted by Crippen LogP contribution is -2.43. The summed E-state index contributed by atoms with van der Waals surface area (Å²) in [6, 6.07) is -0.339. The number of amides is 1. The van der Waals surface area contributed by atoms with Crippen LogP contribution in [0.3, 0.4) is 0 Å². The largest absolute Gasteiger partial charge is 0.478 e. The number of hydrogen-bond acceptors (Lipinski definition) is 3. The lowest BCUT2D eigenvalue weighted by Gasteiger charge is -2.29. The van der Waals surface area contributed by atoms with Crippen LogP contribution in [0.15, 0.2) is 12.4 Å². The molecule has 0 radical (unpaired) electrons. The molecule has 0 aliphatic heterocycles. The van der Waals surface area contributed by atoms with Gasteiger partial charge in [-0.15, -0.1) is 0 Å². The number of carboxylic acid groups (broad SMARTS) is 1. The summed E-state index contributed by atoms with van der Waals surface area (Å²) >= 11 is 0. The molecule has 6 nitrogen and oxygen atoms in total. The van der Waals surface area contributed by atoms with Crippen molar-refractivity contribution in [1.29, 1.82) is 0 Å². The van der Waals surface area contributed by atoms with Crippen LogP contribution in [-0.2, 0) is 4.79 Å². The van der Waals surface area contributed by atoms with Gasteiger partial charge in [-0.2, -0.15) is 5.10 Å². The maximum atomic E-state index is 12.4. The topological polar surface area (TPSA) is 84.2 Å². The van der Waals surface area contributed by atoms with Gasteiger partial charge in [-0.3, -0.25) is 9.48 Å². The van der Waals surface area contributed by atoms with Gasteiger partial charge in [0.1, 0.15) is 6.04 Å². The number of carbonyl (C=O) groups is 2. The van der Waals surface area contributed by atoms with E-state index in [2.05, 4.69) is 17.3 Å². The van der Waals surface area contributed by atoms with E-state index in [0.717, 1.165) is 11.8 Å². The minimum Gasteiger partial charge on any atom is -0.478 e. The molecule has 5 unspecified atom stereocenters. The normalized spacial score (nSPS) is 29.3. The van der Waals surface area contributed by atoms with Crippen LogP contribution in [-0.4, -0.2) is 32.8 Å². The number of aromatic carboxylic acids is 1. The zero-order valence-electron chi connectivity index (χ0n) is 13.0. The highest BCUT2D eigenvalue weighted by Gasteiger charge is 2.42. The molecule has 1 aromatic rings. The van der Waals surface area contributed by atoms with Crippen LogP contribution in [0.5, 0.6) is 0 Å². The zero-order chi connectivity index (χ0) is 15.9. The molecule has 2 bridgehead atoms. The summed E-state index contributed by atoms with van der Waals surface area (Å²) < 4.78 is 1.41. The summed E-state index contributed by atoms with van der Waals surface area (Å²) in [6.07, 6.45) is 7.86. The Morgan fingerprint density at radius 2 is 2.14 bits per heavy atom. The molecule has 0 aromatic carbocycles. The van der Waals surface area contributed by atoms with E-state index in [1.54, 1.807) is 6.92 Å². The van der Waals surface area contributed by atoms with Crippen LogP contribution in [0.25, 0.3) is 0 Å². The van der Waals surface area contributed by atoms with Gasteiger partial charge in [-0.1, -0.05) is 6.42 Å². The van der Waals surface area contributed by atoms with Crippen molar-refractivity contribution in [2.75, 3.05) is 0 Å². The fraction of sp³-hybridized carbons (Fsp3) is 0.688. The molecule has 6 heteroatoms. The lowest BCUT2D eigenvalue weighted by molar-refractivity contribution is -0.125. The Hall–Kier alpha value is -1.85. The molecule has 1 amide bonds. The Morgan fingerprint density at radius 3 is 2.68 bits per heavy atom. The predicted molar refractivity (Wildman–Crippen MR) is 80.4 cm³/mol. The van der Waals surface area contributed by atoms with E-state index in [1.807, 2.05) is 0 Å². The summed E-state index contributed by atoms with van der Waals surface area (Å²) in [4.78, 5) is 23.3. The second kappa shape index (κ2) is 5.74. The van der Waals surface area contributed by atoms with Crippen LogP contribution in [0.2, 0.25) is 0 Å². The standard InChI is InChI=1S/C16H23N3O3/c1-9(14-6-11-3-4-12(14)5-11)18-15(20)10(2)19-8-13(7-17-19)16(21)22/h7-12,14H,3-6H2,1-2H3,(H,18,20)(H,21,22). The second-order valence-corrected chi connectivity index (χ2v) is 6.83. The summed E-state index contributed by atoms with van der Waals surface area (Å²) in [5.74, 6) is 1.07. The molecule has 1 heterocycles. The zero-order valence-corrected chi connectivity index (χ0v) is 13.0. The first kappa shape index (κ1) is 15.1. The fourth-order valence-corrected chi connectivity index (χ4v) is 4.14. The average molecular weight is 305 g/mol. The summed E-state index contributed by atoms with van der Waals surface area (Å²) in [5, 5.41) is 16.0. The highest BCUT2D eigenvalue weighted by molar-refractivity contribution is 5.87. The van der Waals surface area contributed by atoms with Gasteiger partial charge in [0, 0.05) is 12.2 Å². The summed E-state index contributed by atoms with van der Waals surface area (Å²) in [6.45, 7) is 3.82. The Bertz CT molecular complexity index is 583. The van der Waals surface area contributed by atoms with E-state index >= 15 is 0 Å². The number of aromatic nitrogens is 2. The Balaban J connectivity index is 1.59. The third kappa shape index (κ3) is 2.74. The molecule has 22 heavy (non-hydrogen) atoms. The fourth-order valence-electron chi connectivity index (χ4n) is 4.14. The van der Waals surface area contributed by atoms with Gasteiger partial charge >= 0.3 is 5.97 Å². The maximum absolute atomic E-state index is 12.4. The van der Waals surface area contributed by atoms with Crippen LogP contribution in [0.1, 0.15) is 55.9 Å². The number of rotatable bonds is 5. The highest BCUT2D eigenvalue weighted by atomic mass is 16.4. The first-order valence-electron chi connectivity index (χ1n) is 8.03. The minimum absolute atomic E-state index is 0.0980. The summed E-state index contributed by atoms with van der Waals surface area (Å²) in [7, 11) is 0. The molecule has 2 aliphatic carbocycles. The Kier molecular flexibility index (Phi) is 3.93.